The molecule has 1 aromatic heterocycles. The highest BCUT2D eigenvalue weighted by Crippen LogP contribution is 2.43. The maximum Gasteiger partial charge on any atom is 0.319 e. The zero-order chi connectivity index (χ0) is 30.1. The monoisotopic (exact) mass is 591 g/mol. The Bertz CT molecular complexity index is 1660. The van der Waals surface area contributed by atoms with Crippen molar-refractivity contribution in [3.05, 3.63) is 66.0 Å². The number of amides is 1. The van der Waals surface area contributed by atoms with Crippen molar-refractivity contribution in [2.45, 2.75) is 32.4 Å². The van der Waals surface area contributed by atoms with E-state index in [0.29, 0.717) is 36.5 Å². The summed E-state index contributed by atoms with van der Waals surface area (Å²) in [5, 5.41) is 12.6. The van der Waals surface area contributed by atoms with E-state index in [1.807, 2.05) is 57.1 Å². The second-order valence-corrected chi connectivity index (χ2v) is 11.4. The third-order valence-electron chi connectivity index (χ3n) is 7.65. The second kappa shape index (κ2) is 12.1. The van der Waals surface area contributed by atoms with Crippen LogP contribution in [0.3, 0.4) is 0 Å². The highest BCUT2D eigenvalue weighted by molar-refractivity contribution is 6.35. The van der Waals surface area contributed by atoms with Gasteiger partial charge in [-0.3, -0.25) is 4.79 Å². The van der Waals surface area contributed by atoms with Crippen molar-refractivity contribution in [2.75, 3.05) is 45.2 Å². The number of rotatable bonds is 8. The molecule has 220 valence electrons. The van der Waals surface area contributed by atoms with Gasteiger partial charge in [0.25, 0.3) is 0 Å². The first kappa shape index (κ1) is 29.5. The molecule has 1 saturated heterocycles. The number of piperazine rings is 1. The third-order valence-corrected chi connectivity index (χ3v) is 7.95. The fraction of sp³-hybridized carbons (Fsp3) is 0.344. The molecule has 10 heteroatoms. The first-order chi connectivity index (χ1) is 20.1. The fourth-order valence-electron chi connectivity index (χ4n) is 5.58. The Morgan fingerprint density at radius 1 is 1.17 bits per heavy atom. The molecule has 0 spiro atoms. The van der Waals surface area contributed by atoms with Crippen LogP contribution >= 0.6 is 11.6 Å². The molecule has 5 rings (SSSR count). The standard InChI is InChI=1S/C32H35ClFN5O3/c1-6-27(41)38-17-20(3)39(18-19(38)2)31-25-16-26(33)28(24-15-22(40)14-21-10-7-8-11-23(21)24)29(34)30(25)35-32(36-31)42-13-9-12-37(4)5/h6-8,10-11,14-16,19-20,40H,1,9,12-13,17-18H2,2-5H3/t19-,20+/m1/s1. The van der Waals surface area contributed by atoms with Gasteiger partial charge in [-0.2, -0.15) is 9.97 Å². The number of fused-ring (bicyclic) bond motifs is 2. The summed E-state index contributed by atoms with van der Waals surface area (Å²) < 4.78 is 22.6. The maximum absolute atomic E-state index is 16.7. The molecule has 1 amide bonds. The summed E-state index contributed by atoms with van der Waals surface area (Å²) in [5.41, 5.74) is 0.670. The highest BCUT2D eigenvalue weighted by Gasteiger charge is 2.34. The van der Waals surface area contributed by atoms with Gasteiger partial charge in [-0.25, -0.2) is 4.39 Å². The first-order valence-electron chi connectivity index (χ1n) is 14.0. The van der Waals surface area contributed by atoms with Crippen molar-refractivity contribution in [2.24, 2.45) is 0 Å². The SMILES string of the molecule is C=CC(=O)N1C[C@H](C)N(c2nc(OCCCN(C)C)nc3c(F)c(-c4cc(O)cc5ccccc45)c(Cl)cc23)C[C@H]1C. The Labute approximate surface area is 250 Å². The Balaban J connectivity index is 1.67. The van der Waals surface area contributed by atoms with Crippen LogP contribution in [0.5, 0.6) is 11.8 Å². The summed E-state index contributed by atoms with van der Waals surface area (Å²) in [6.45, 7) is 9.66. The lowest BCUT2D eigenvalue weighted by molar-refractivity contribution is -0.128. The molecule has 42 heavy (non-hydrogen) atoms. The number of ether oxygens (including phenoxy) is 1. The molecule has 0 saturated carbocycles. The Hall–Kier alpha value is -3.95. The van der Waals surface area contributed by atoms with Crippen LogP contribution in [0.4, 0.5) is 10.2 Å². The molecular formula is C32H35ClFN5O3. The number of hydrogen-bond donors (Lipinski definition) is 1. The molecule has 1 fully saturated rings. The minimum Gasteiger partial charge on any atom is -0.508 e. The van der Waals surface area contributed by atoms with Crippen molar-refractivity contribution < 1.29 is 19.0 Å². The lowest BCUT2D eigenvalue weighted by Crippen LogP contribution is -2.58. The number of aromatic nitrogens is 2. The average molecular weight is 592 g/mol. The number of hydrogen-bond acceptors (Lipinski definition) is 7. The van der Waals surface area contributed by atoms with Gasteiger partial charge in [-0.05, 0) is 75.0 Å². The predicted molar refractivity (Wildman–Crippen MR) is 166 cm³/mol. The quantitative estimate of drug-likeness (QED) is 0.202. The molecule has 8 nitrogen and oxygen atoms in total. The van der Waals surface area contributed by atoms with Crippen LogP contribution in [-0.2, 0) is 4.79 Å². The van der Waals surface area contributed by atoms with Crippen molar-refractivity contribution in [1.29, 1.82) is 0 Å². The molecule has 2 atom stereocenters. The topological polar surface area (TPSA) is 82.0 Å². The molecule has 0 radical (unpaired) electrons. The van der Waals surface area contributed by atoms with Crippen molar-refractivity contribution in [3.8, 4) is 22.9 Å². The van der Waals surface area contributed by atoms with E-state index in [1.54, 1.807) is 17.0 Å². The lowest BCUT2D eigenvalue weighted by Gasteiger charge is -2.44. The number of anilines is 1. The number of phenols is 1. The van der Waals surface area contributed by atoms with E-state index < -0.39 is 5.82 Å². The van der Waals surface area contributed by atoms with Gasteiger partial charge >= 0.3 is 6.01 Å². The van der Waals surface area contributed by atoms with Crippen molar-refractivity contribution >= 4 is 45.0 Å². The van der Waals surface area contributed by atoms with Gasteiger partial charge < -0.3 is 24.5 Å². The van der Waals surface area contributed by atoms with Crippen LogP contribution < -0.4 is 9.64 Å². The van der Waals surface area contributed by atoms with Gasteiger partial charge in [0.05, 0.1) is 11.6 Å². The molecule has 2 heterocycles. The van der Waals surface area contributed by atoms with E-state index in [9.17, 15) is 9.90 Å². The normalized spacial score (nSPS) is 17.3. The van der Waals surface area contributed by atoms with Crippen LogP contribution in [0.25, 0.3) is 32.8 Å². The number of carbonyl (C=O) groups excluding carboxylic acids is 1. The molecule has 1 N–H and O–H groups in total. The van der Waals surface area contributed by atoms with Gasteiger partial charge in [0.1, 0.15) is 17.1 Å². The smallest absolute Gasteiger partial charge is 0.319 e. The fourth-order valence-corrected chi connectivity index (χ4v) is 5.88. The van der Waals surface area contributed by atoms with Crippen LogP contribution in [0.2, 0.25) is 5.02 Å². The van der Waals surface area contributed by atoms with Crippen LogP contribution in [0.1, 0.15) is 20.3 Å². The van der Waals surface area contributed by atoms with Gasteiger partial charge in [0.2, 0.25) is 5.91 Å². The first-order valence-corrected chi connectivity index (χ1v) is 14.4. The van der Waals surface area contributed by atoms with E-state index in [0.717, 1.165) is 23.7 Å². The largest absolute Gasteiger partial charge is 0.508 e. The zero-order valence-electron chi connectivity index (χ0n) is 24.3. The summed E-state index contributed by atoms with van der Waals surface area (Å²) in [4.78, 5) is 27.6. The molecular weight excluding hydrogens is 557 g/mol. The molecule has 1 aliphatic heterocycles. The summed E-state index contributed by atoms with van der Waals surface area (Å²) >= 11 is 6.83. The number of phenolic OH excluding ortho intramolecular Hbond substituents is 1. The van der Waals surface area contributed by atoms with Gasteiger partial charge in [0.15, 0.2) is 5.82 Å². The molecule has 4 aromatic rings. The predicted octanol–water partition coefficient (Wildman–Crippen LogP) is 5.89. The van der Waals surface area contributed by atoms with Crippen molar-refractivity contribution in [1.82, 2.24) is 19.8 Å². The van der Waals surface area contributed by atoms with Crippen LogP contribution in [0.15, 0.2) is 55.1 Å². The summed E-state index contributed by atoms with van der Waals surface area (Å²) in [7, 11) is 3.96. The maximum atomic E-state index is 16.7. The van der Waals surface area contributed by atoms with E-state index in [-0.39, 0.29) is 45.9 Å². The summed E-state index contributed by atoms with van der Waals surface area (Å²) in [6, 6.07) is 12.0. The van der Waals surface area contributed by atoms with Gasteiger partial charge in [0, 0.05) is 42.7 Å². The highest BCUT2D eigenvalue weighted by atomic mass is 35.5. The van der Waals surface area contributed by atoms with Gasteiger partial charge in [-0.1, -0.05) is 42.4 Å². The number of aromatic hydroxyl groups is 1. The summed E-state index contributed by atoms with van der Waals surface area (Å²) in [6.07, 6.45) is 2.06. The number of halogens is 2. The molecule has 3 aromatic carbocycles. The Kier molecular flexibility index (Phi) is 8.52. The van der Waals surface area contributed by atoms with Gasteiger partial charge in [-0.15, -0.1) is 0 Å². The molecule has 0 aliphatic carbocycles. The Morgan fingerprint density at radius 2 is 1.93 bits per heavy atom. The number of nitrogens with zero attached hydrogens (tertiary/aromatic N) is 5. The van der Waals surface area contributed by atoms with E-state index in [4.69, 9.17) is 21.3 Å². The van der Waals surface area contributed by atoms with E-state index in [2.05, 4.69) is 16.5 Å². The zero-order valence-corrected chi connectivity index (χ0v) is 25.0. The molecule has 1 aliphatic rings. The Morgan fingerprint density at radius 3 is 2.67 bits per heavy atom. The van der Waals surface area contributed by atoms with Crippen molar-refractivity contribution in [3.63, 3.8) is 0 Å². The number of carbonyl (C=O) groups is 1. The van der Waals surface area contributed by atoms with Crippen LogP contribution in [0, 0.1) is 5.82 Å². The van der Waals surface area contributed by atoms with E-state index >= 15 is 4.39 Å². The van der Waals surface area contributed by atoms with Crippen LogP contribution in [-0.4, -0.2) is 83.2 Å². The second-order valence-electron chi connectivity index (χ2n) is 11.0. The summed E-state index contributed by atoms with van der Waals surface area (Å²) in [5.74, 6) is -0.275. The molecule has 0 unspecified atom stereocenters. The number of benzene rings is 3. The van der Waals surface area contributed by atoms with E-state index in [1.165, 1.54) is 12.1 Å². The minimum absolute atomic E-state index is 0.00214. The minimum atomic E-state index is -0.629. The molecule has 0 bridgehead atoms. The average Bonchev–Trinajstić information content (AvgIpc) is 2.95. The third kappa shape index (κ3) is 5.71. The lowest BCUT2D eigenvalue weighted by atomic mass is 9.96.